The van der Waals surface area contributed by atoms with Crippen molar-refractivity contribution in [3.05, 3.63) is 42.0 Å². The first kappa shape index (κ1) is 16.3. The molecule has 0 aliphatic carbocycles. The summed E-state index contributed by atoms with van der Waals surface area (Å²) >= 11 is 0. The molecule has 0 amide bonds. The number of benzene rings is 2. The first-order chi connectivity index (χ1) is 11.2. The Labute approximate surface area is 140 Å². The molecular weight excluding hydrogens is 282 g/mol. The highest BCUT2D eigenvalue weighted by molar-refractivity contribution is 5.89. The van der Waals surface area contributed by atoms with Crippen molar-refractivity contribution in [1.82, 2.24) is 0 Å². The van der Waals surface area contributed by atoms with Crippen LogP contribution in [0.2, 0.25) is 0 Å². The number of likely N-dealkylation sites (tertiary alicyclic amines) is 1. The molecule has 2 heteroatoms. The standard InChI is InChI=1S/C21H30NO/c1-4-6-15-22(5-2)16-9-12-20(22)23-21-17(3)13-14-18-10-7-8-11-19(18)21/h7-8,10-11,13-14,20H,4-6,9,12,15-16H2,1-3H3/q+1. The van der Waals surface area contributed by atoms with Crippen LogP contribution in [0.15, 0.2) is 36.4 Å². The summed E-state index contributed by atoms with van der Waals surface area (Å²) in [5.74, 6) is 1.10. The van der Waals surface area contributed by atoms with E-state index in [0.717, 1.165) is 10.2 Å². The molecule has 2 unspecified atom stereocenters. The van der Waals surface area contributed by atoms with Crippen LogP contribution in [0, 0.1) is 6.92 Å². The first-order valence-electron chi connectivity index (χ1n) is 9.21. The molecule has 2 aromatic carbocycles. The summed E-state index contributed by atoms with van der Waals surface area (Å²) in [5, 5.41) is 2.53. The van der Waals surface area contributed by atoms with E-state index >= 15 is 0 Å². The molecule has 23 heavy (non-hydrogen) atoms. The maximum Gasteiger partial charge on any atom is 0.233 e. The smallest absolute Gasteiger partial charge is 0.233 e. The summed E-state index contributed by atoms with van der Waals surface area (Å²) in [7, 11) is 0. The Morgan fingerprint density at radius 3 is 2.74 bits per heavy atom. The number of hydrogen-bond acceptors (Lipinski definition) is 1. The third-order valence-corrected chi connectivity index (χ3v) is 5.58. The van der Waals surface area contributed by atoms with Gasteiger partial charge in [-0.3, -0.25) is 4.48 Å². The summed E-state index contributed by atoms with van der Waals surface area (Å²) < 4.78 is 7.83. The molecule has 124 valence electrons. The molecule has 0 saturated carbocycles. The molecule has 0 bridgehead atoms. The molecule has 3 rings (SSSR count). The highest BCUT2D eigenvalue weighted by Crippen LogP contribution is 2.35. The number of fused-ring (bicyclic) bond motifs is 1. The minimum atomic E-state index is 0.316. The fourth-order valence-corrected chi connectivity index (χ4v) is 4.06. The lowest BCUT2D eigenvalue weighted by Gasteiger charge is -2.39. The van der Waals surface area contributed by atoms with Gasteiger partial charge in [-0.1, -0.05) is 49.7 Å². The Morgan fingerprint density at radius 1 is 1.13 bits per heavy atom. The van der Waals surface area contributed by atoms with Gasteiger partial charge in [-0.25, -0.2) is 0 Å². The monoisotopic (exact) mass is 312 g/mol. The van der Waals surface area contributed by atoms with Crippen molar-refractivity contribution >= 4 is 10.8 Å². The van der Waals surface area contributed by atoms with E-state index in [1.807, 2.05) is 0 Å². The quantitative estimate of drug-likeness (QED) is 0.659. The second-order valence-electron chi connectivity index (χ2n) is 6.98. The third kappa shape index (κ3) is 3.10. The Morgan fingerprint density at radius 2 is 1.96 bits per heavy atom. The lowest BCUT2D eigenvalue weighted by Crippen LogP contribution is -2.54. The van der Waals surface area contributed by atoms with Crippen molar-refractivity contribution in [3.8, 4) is 5.75 Å². The van der Waals surface area contributed by atoms with Crippen molar-refractivity contribution in [2.45, 2.75) is 52.7 Å². The van der Waals surface area contributed by atoms with Gasteiger partial charge in [-0.15, -0.1) is 0 Å². The molecule has 1 aliphatic heterocycles. The second-order valence-corrected chi connectivity index (χ2v) is 6.98. The van der Waals surface area contributed by atoms with E-state index in [2.05, 4.69) is 57.2 Å². The van der Waals surface area contributed by atoms with Crippen LogP contribution in [0.25, 0.3) is 10.8 Å². The number of rotatable bonds is 6. The van der Waals surface area contributed by atoms with E-state index in [9.17, 15) is 0 Å². The largest absolute Gasteiger partial charge is 0.442 e. The Hall–Kier alpha value is -1.54. The second kappa shape index (κ2) is 6.92. The van der Waals surface area contributed by atoms with Gasteiger partial charge in [0.15, 0.2) is 0 Å². The zero-order chi connectivity index (χ0) is 16.3. The number of aryl methyl sites for hydroxylation is 1. The van der Waals surface area contributed by atoms with E-state index in [4.69, 9.17) is 4.74 Å². The van der Waals surface area contributed by atoms with Crippen molar-refractivity contribution in [3.63, 3.8) is 0 Å². The average Bonchev–Trinajstić information content (AvgIpc) is 2.98. The minimum absolute atomic E-state index is 0.316. The predicted molar refractivity (Wildman–Crippen MR) is 97.8 cm³/mol. The number of unbranched alkanes of at least 4 members (excludes halogenated alkanes) is 1. The molecule has 2 aromatic rings. The van der Waals surface area contributed by atoms with Crippen LogP contribution >= 0.6 is 0 Å². The van der Waals surface area contributed by atoms with Crippen LogP contribution in [0.3, 0.4) is 0 Å². The molecule has 1 fully saturated rings. The van der Waals surface area contributed by atoms with Crippen molar-refractivity contribution in [2.24, 2.45) is 0 Å². The number of hydrogen-bond donors (Lipinski definition) is 0. The minimum Gasteiger partial charge on any atom is -0.442 e. The summed E-state index contributed by atoms with van der Waals surface area (Å²) in [6.07, 6.45) is 5.34. The van der Waals surface area contributed by atoms with Crippen LogP contribution in [0.5, 0.6) is 5.75 Å². The Bertz CT molecular complexity index is 666. The van der Waals surface area contributed by atoms with Crippen LogP contribution in [0.1, 0.15) is 45.1 Å². The maximum atomic E-state index is 6.70. The van der Waals surface area contributed by atoms with Crippen LogP contribution < -0.4 is 4.74 Å². The predicted octanol–water partition coefficient (Wildman–Crippen LogP) is 5.28. The van der Waals surface area contributed by atoms with Gasteiger partial charge in [0.1, 0.15) is 5.75 Å². The SMILES string of the molecule is CCCC[N+]1(CC)CCCC1Oc1c(C)ccc2ccccc12. The van der Waals surface area contributed by atoms with Gasteiger partial charge in [-0.05, 0) is 31.2 Å². The molecule has 0 spiro atoms. The average molecular weight is 312 g/mol. The van der Waals surface area contributed by atoms with E-state index in [-0.39, 0.29) is 0 Å². The number of nitrogens with zero attached hydrogens (tertiary/aromatic N) is 1. The fourth-order valence-electron chi connectivity index (χ4n) is 4.06. The number of ether oxygens (including phenoxy) is 1. The normalized spacial score (nSPS) is 24.2. The van der Waals surface area contributed by atoms with Gasteiger partial charge in [0.2, 0.25) is 6.23 Å². The molecular formula is C21H30NO+. The first-order valence-corrected chi connectivity index (χ1v) is 9.21. The topological polar surface area (TPSA) is 9.23 Å². The molecule has 2 atom stereocenters. The van der Waals surface area contributed by atoms with Gasteiger partial charge in [0.25, 0.3) is 0 Å². The summed E-state index contributed by atoms with van der Waals surface area (Å²) in [6.45, 7) is 10.5. The maximum absolute atomic E-state index is 6.70. The zero-order valence-corrected chi connectivity index (χ0v) is 14.8. The van der Waals surface area contributed by atoms with Crippen LogP contribution in [-0.4, -0.2) is 30.3 Å². The molecule has 0 aromatic heterocycles. The lowest BCUT2D eigenvalue weighted by atomic mass is 10.1. The van der Waals surface area contributed by atoms with Gasteiger partial charge in [0, 0.05) is 18.2 Å². The summed E-state index contributed by atoms with van der Waals surface area (Å²) in [5.41, 5.74) is 1.25. The third-order valence-electron chi connectivity index (χ3n) is 5.58. The molecule has 1 heterocycles. The fraction of sp³-hybridized carbons (Fsp3) is 0.524. The number of quaternary nitrogens is 1. The Kier molecular flexibility index (Phi) is 4.91. The van der Waals surface area contributed by atoms with Gasteiger partial charge in [0.05, 0.1) is 19.6 Å². The highest BCUT2D eigenvalue weighted by atomic mass is 16.5. The lowest BCUT2D eigenvalue weighted by molar-refractivity contribution is -0.954. The van der Waals surface area contributed by atoms with Crippen molar-refractivity contribution in [2.75, 3.05) is 19.6 Å². The van der Waals surface area contributed by atoms with Gasteiger partial charge < -0.3 is 4.74 Å². The van der Waals surface area contributed by atoms with Crippen LogP contribution in [0.4, 0.5) is 0 Å². The van der Waals surface area contributed by atoms with Crippen molar-refractivity contribution < 1.29 is 9.22 Å². The van der Waals surface area contributed by atoms with E-state index < -0.39 is 0 Å². The van der Waals surface area contributed by atoms with E-state index in [0.29, 0.717) is 6.23 Å². The molecule has 2 nitrogen and oxygen atoms in total. The highest BCUT2D eigenvalue weighted by Gasteiger charge is 2.41. The molecule has 1 saturated heterocycles. The van der Waals surface area contributed by atoms with E-state index in [1.165, 1.54) is 61.7 Å². The summed E-state index contributed by atoms with van der Waals surface area (Å²) in [4.78, 5) is 0. The van der Waals surface area contributed by atoms with Crippen molar-refractivity contribution in [1.29, 1.82) is 0 Å². The summed E-state index contributed by atoms with van der Waals surface area (Å²) in [6, 6.07) is 13.0. The van der Waals surface area contributed by atoms with Crippen LogP contribution in [-0.2, 0) is 0 Å². The zero-order valence-electron chi connectivity index (χ0n) is 14.8. The van der Waals surface area contributed by atoms with Gasteiger partial charge >= 0.3 is 0 Å². The Balaban J connectivity index is 1.93. The molecule has 0 radical (unpaired) electrons. The van der Waals surface area contributed by atoms with E-state index in [1.54, 1.807) is 0 Å². The molecule has 1 aliphatic rings. The van der Waals surface area contributed by atoms with Gasteiger partial charge in [-0.2, -0.15) is 0 Å². The molecule has 0 N–H and O–H groups in total.